The van der Waals surface area contributed by atoms with Gasteiger partial charge < -0.3 is 9.32 Å². The molecule has 3 nitrogen and oxygen atoms in total. The van der Waals surface area contributed by atoms with Gasteiger partial charge in [-0.3, -0.25) is 0 Å². The summed E-state index contributed by atoms with van der Waals surface area (Å²) in [6, 6.07) is 57.2. The maximum absolute atomic E-state index is 6.23. The van der Waals surface area contributed by atoms with Crippen molar-refractivity contribution in [2.75, 3.05) is 4.90 Å². The smallest absolute Gasteiger partial charge is 0.155 e. The van der Waals surface area contributed by atoms with Crippen LogP contribution >= 0.6 is 0 Å². The van der Waals surface area contributed by atoms with Crippen LogP contribution < -0.4 is 4.90 Å². The maximum atomic E-state index is 6.23. The van der Waals surface area contributed by atoms with E-state index in [0.29, 0.717) is 0 Å². The highest BCUT2D eigenvalue weighted by molar-refractivity contribution is 6.03. The minimum Gasteiger partial charge on any atom is -0.454 e. The zero-order valence-electron chi connectivity index (χ0n) is 24.0. The second-order valence-electron chi connectivity index (χ2n) is 10.8. The molecule has 2 aromatic heterocycles. The number of aromatic nitrogens is 1. The molecule has 208 valence electrons. The van der Waals surface area contributed by atoms with Crippen molar-refractivity contribution in [1.29, 1.82) is 0 Å². The second kappa shape index (κ2) is 11.0. The highest BCUT2D eigenvalue weighted by atomic mass is 16.3. The standard InChI is InChI=1S/C41H28N2O/c1-3-11-29(12-4-1)30-19-23-33(24-20-30)43(35-27-40-41(42-28-35)38-17-9-10-18-39(38)44-40)34-25-21-32(22-26-34)37-16-8-7-15-36(37)31-13-5-2-6-14-31/h1-28H. The van der Waals surface area contributed by atoms with Gasteiger partial charge in [-0.15, -0.1) is 0 Å². The first kappa shape index (κ1) is 25.8. The number of benzene rings is 6. The molecule has 6 aromatic carbocycles. The molecule has 0 radical (unpaired) electrons. The van der Waals surface area contributed by atoms with Crippen LogP contribution in [0, 0.1) is 0 Å². The van der Waals surface area contributed by atoms with E-state index in [2.05, 4.69) is 144 Å². The van der Waals surface area contributed by atoms with Gasteiger partial charge in [-0.1, -0.05) is 121 Å². The summed E-state index contributed by atoms with van der Waals surface area (Å²) in [4.78, 5) is 7.12. The summed E-state index contributed by atoms with van der Waals surface area (Å²) in [5.41, 5.74) is 12.6. The van der Waals surface area contributed by atoms with Crippen molar-refractivity contribution in [2.45, 2.75) is 0 Å². The first-order valence-corrected chi connectivity index (χ1v) is 14.8. The molecule has 8 rings (SSSR count). The molecule has 0 aliphatic heterocycles. The maximum Gasteiger partial charge on any atom is 0.155 e. The van der Waals surface area contributed by atoms with Crippen LogP contribution in [0.1, 0.15) is 0 Å². The largest absolute Gasteiger partial charge is 0.454 e. The predicted molar refractivity (Wildman–Crippen MR) is 183 cm³/mol. The van der Waals surface area contributed by atoms with Crippen LogP contribution in [0.15, 0.2) is 174 Å². The molecule has 0 saturated heterocycles. The third kappa shape index (κ3) is 4.71. The van der Waals surface area contributed by atoms with Crippen LogP contribution in [0.5, 0.6) is 0 Å². The Hall–Kier alpha value is -5.93. The number of rotatable bonds is 6. The van der Waals surface area contributed by atoms with Gasteiger partial charge in [0, 0.05) is 22.8 Å². The van der Waals surface area contributed by atoms with Crippen LogP contribution in [0.4, 0.5) is 17.1 Å². The molecule has 0 saturated carbocycles. The molecule has 0 atom stereocenters. The lowest BCUT2D eigenvalue weighted by atomic mass is 9.94. The van der Waals surface area contributed by atoms with Crippen LogP contribution in [0.25, 0.3) is 55.4 Å². The van der Waals surface area contributed by atoms with Gasteiger partial charge in [0.15, 0.2) is 5.58 Å². The average molecular weight is 565 g/mol. The summed E-state index contributed by atoms with van der Waals surface area (Å²) >= 11 is 0. The van der Waals surface area contributed by atoms with E-state index >= 15 is 0 Å². The zero-order valence-corrected chi connectivity index (χ0v) is 24.0. The first-order valence-electron chi connectivity index (χ1n) is 14.8. The minimum atomic E-state index is 0.767. The Balaban J connectivity index is 1.23. The first-order chi connectivity index (χ1) is 21.8. The van der Waals surface area contributed by atoms with Crippen molar-refractivity contribution < 1.29 is 4.42 Å². The third-order valence-corrected chi connectivity index (χ3v) is 8.14. The third-order valence-electron chi connectivity index (χ3n) is 8.14. The Morgan fingerprint density at radius 1 is 0.409 bits per heavy atom. The van der Waals surface area contributed by atoms with Crippen molar-refractivity contribution in [2.24, 2.45) is 0 Å². The lowest BCUT2D eigenvalue weighted by Crippen LogP contribution is -2.10. The van der Waals surface area contributed by atoms with Crippen LogP contribution in [0.3, 0.4) is 0 Å². The van der Waals surface area contributed by atoms with Crippen LogP contribution in [-0.2, 0) is 0 Å². The SMILES string of the molecule is c1ccc(-c2ccc(N(c3ccc(-c4ccccc4-c4ccccc4)cc3)c3cnc4c(c3)oc3ccccc34)cc2)cc1. The van der Waals surface area contributed by atoms with Gasteiger partial charge in [-0.2, -0.15) is 0 Å². The van der Waals surface area contributed by atoms with Gasteiger partial charge >= 0.3 is 0 Å². The fourth-order valence-corrected chi connectivity index (χ4v) is 5.98. The van der Waals surface area contributed by atoms with Crippen molar-refractivity contribution in [1.82, 2.24) is 4.98 Å². The Bertz CT molecular complexity index is 2200. The summed E-state index contributed by atoms with van der Waals surface area (Å²) in [5.74, 6) is 0. The van der Waals surface area contributed by atoms with E-state index in [9.17, 15) is 0 Å². The van der Waals surface area contributed by atoms with Crippen molar-refractivity contribution >= 4 is 39.1 Å². The van der Waals surface area contributed by atoms with E-state index in [1.54, 1.807) is 0 Å². The van der Waals surface area contributed by atoms with Gasteiger partial charge in [0.25, 0.3) is 0 Å². The monoisotopic (exact) mass is 564 g/mol. The molecule has 0 aliphatic carbocycles. The van der Waals surface area contributed by atoms with Crippen molar-refractivity contribution in [3.8, 4) is 33.4 Å². The van der Waals surface area contributed by atoms with Crippen LogP contribution in [0.2, 0.25) is 0 Å². The Morgan fingerprint density at radius 3 is 1.57 bits per heavy atom. The van der Waals surface area contributed by atoms with Crippen molar-refractivity contribution in [3.05, 3.63) is 170 Å². The van der Waals surface area contributed by atoms with E-state index in [1.807, 2.05) is 30.5 Å². The minimum absolute atomic E-state index is 0.767. The number of furan rings is 1. The fourth-order valence-electron chi connectivity index (χ4n) is 5.98. The van der Waals surface area contributed by atoms with E-state index in [1.165, 1.54) is 33.4 Å². The number of hydrogen-bond donors (Lipinski definition) is 0. The Kier molecular flexibility index (Phi) is 6.47. The van der Waals surface area contributed by atoms with Gasteiger partial charge in [-0.05, 0) is 69.8 Å². The average Bonchev–Trinajstić information content (AvgIpc) is 3.48. The molecule has 3 heteroatoms. The molecule has 0 amide bonds. The molecule has 0 aliphatic rings. The molecule has 44 heavy (non-hydrogen) atoms. The summed E-state index contributed by atoms with van der Waals surface area (Å²) < 4.78 is 6.23. The molecule has 0 N–H and O–H groups in total. The fraction of sp³-hybridized carbons (Fsp3) is 0. The molecule has 2 heterocycles. The van der Waals surface area contributed by atoms with Crippen molar-refractivity contribution in [3.63, 3.8) is 0 Å². The summed E-state index contributed by atoms with van der Waals surface area (Å²) in [7, 11) is 0. The molecule has 8 aromatic rings. The number of pyridine rings is 1. The Morgan fingerprint density at radius 2 is 0.909 bits per heavy atom. The van der Waals surface area contributed by atoms with Gasteiger partial charge in [0.2, 0.25) is 0 Å². The number of hydrogen-bond acceptors (Lipinski definition) is 3. The second-order valence-corrected chi connectivity index (χ2v) is 10.8. The molecule has 0 unspecified atom stereocenters. The summed E-state index contributed by atoms with van der Waals surface area (Å²) in [6.07, 6.45) is 1.94. The van der Waals surface area contributed by atoms with Gasteiger partial charge in [0.05, 0.1) is 11.9 Å². The zero-order chi connectivity index (χ0) is 29.3. The normalized spacial score (nSPS) is 11.2. The van der Waals surface area contributed by atoms with E-state index in [0.717, 1.165) is 39.1 Å². The predicted octanol–water partition coefficient (Wildman–Crippen LogP) is 11.5. The molecule has 0 fully saturated rings. The lowest BCUT2D eigenvalue weighted by molar-refractivity contribution is 0.668. The topological polar surface area (TPSA) is 29.3 Å². The number of para-hydroxylation sites is 1. The summed E-state index contributed by atoms with van der Waals surface area (Å²) in [5, 5.41) is 1.02. The van der Waals surface area contributed by atoms with Crippen LogP contribution in [-0.4, -0.2) is 4.98 Å². The molecule has 0 spiro atoms. The molecular weight excluding hydrogens is 536 g/mol. The van der Waals surface area contributed by atoms with E-state index in [4.69, 9.17) is 9.40 Å². The van der Waals surface area contributed by atoms with E-state index in [-0.39, 0.29) is 0 Å². The van der Waals surface area contributed by atoms with E-state index < -0.39 is 0 Å². The lowest BCUT2D eigenvalue weighted by Gasteiger charge is -2.25. The summed E-state index contributed by atoms with van der Waals surface area (Å²) in [6.45, 7) is 0. The molecular formula is C41H28N2O. The highest BCUT2D eigenvalue weighted by Gasteiger charge is 2.17. The highest BCUT2D eigenvalue weighted by Crippen LogP contribution is 2.40. The molecule has 0 bridgehead atoms. The number of anilines is 3. The van der Waals surface area contributed by atoms with Gasteiger partial charge in [0.1, 0.15) is 11.1 Å². The quantitative estimate of drug-likeness (QED) is 0.201. The number of nitrogens with zero attached hydrogens (tertiary/aromatic N) is 2. The number of fused-ring (bicyclic) bond motifs is 3. The Labute approximate surface area is 256 Å². The van der Waals surface area contributed by atoms with Gasteiger partial charge in [-0.25, -0.2) is 4.98 Å².